The molecule has 0 saturated heterocycles. The first-order chi connectivity index (χ1) is 12.4. The van der Waals surface area contributed by atoms with Crippen molar-refractivity contribution in [2.45, 2.75) is 24.8 Å². The summed E-state index contributed by atoms with van der Waals surface area (Å²) in [5.41, 5.74) is 2.07. The van der Waals surface area contributed by atoms with Crippen LogP contribution < -0.4 is 0 Å². The van der Waals surface area contributed by atoms with E-state index in [1.807, 2.05) is 37.3 Å². The summed E-state index contributed by atoms with van der Waals surface area (Å²) in [4.78, 5) is 12.6. The van der Waals surface area contributed by atoms with Crippen molar-refractivity contribution < 1.29 is 17.9 Å². The maximum atomic E-state index is 13.2. The van der Waals surface area contributed by atoms with Crippen molar-refractivity contribution in [1.29, 1.82) is 0 Å². The molecule has 3 rings (SSSR count). The number of nitrogens with zero attached hydrogens (tertiary/aromatic N) is 1. The Morgan fingerprint density at radius 3 is 2.38 bits per heavy atom. The second kappa shape index (κ2) is 7.43. The topological polar surface area (TPSA) is 63.7 Å². The largest absolute Gasteiger partial charge is 0.463 e. The summed E-state index contributed by atoms with van der Waals surface area (Å²) in [7, 11) is -3.76. The fourth-order valence-electron chi connectivity index (χ4n) is 3.03. The van der Waals surface area contributed by atoms with Gasteiger partial charge in [-0.3, -0.25) is 0 Å². The Kier molecular flexibility index (Phi) is 5.25. The Morgan fingerprint density at radius 2 is 1.77 bits per heavy atom. The Labute approximate surface area is 154 Å². The maximum Gasteiger partial charge on any atom is 0.335 e. The Morgan fingerprint density at radius 1 is 1.12 bits per heavy atom. The molecular weight excluding hydrogens is 350 g/mol. The molecule has 6 heteroatoms. The monoisotopic (exact) mass is 371 g/mol. The minimum atomic E-state index is -3.76. The van der Waals surface area contributed by atoms with E-state index < -0.39 is 22.0 Å². The van der Waals surface area contributed by atoms with Gasteiger partial charge >= 0.3 is 5.97 Å². The van der Waals surface area contributed by atoms with E-state index in [4.69, 9.17) is 4.74 Å². The molecule has 0 spiro atoms. The van der Waals surface area contributed by atoms with Crippen LogP contribution in [0, 0.1) is 6.92 Å². The summed E-state index contributed by atoms with van der Waals surface area (Å²) in [5, 5.41) is 0. The van der Waals surface area contributed by atoms with Crippen LogP contribution in [-0.2, 0) is 19.6 Å². The van der Waals surface area contributed by atoms with Gasteiger partial charge in [0.25, 0.3) is 0 Å². The molecule has 0 radical (unpaired) electrons. The van der Waals surface area contributed by atoms with E-state index in [0.717, 1.165) is 11.1 Å². The SMILES string of the molecule is CCOC(=O)C1=CCN(S(=O)(=O)c2ccc(C)cc2)[C@@H]1c1ccccc1. The lowest BCUT2D eigenvalue weighted by molar-refractivity contribution is -0.138. The lowest BCUT2D eigenvalue weighted by Gasteiger charge is -2.26. The molecule has 1 aliphatic heterocycles. The van der Waals surface area contributed by atoms with Gasteiger partial charge in [-0.1, -0.05) is 54.1 Å². The Bertz CT molecular complexity index is 918. The second-order valence-corrected chi connectivity index (χ2v) is 7.97. The summed E-state index contributed by atoms with van der Waals surface area (Å²) in [5.74, 6) is -0.483. The fraction of sp³-hybridized carbons (Fsp3) is 0.250. The molecule has 1 heterocycles. The fourth-order valence-corrected chi connectivity index (χ4v) is 4.57. The van der Waals surface area contributed by atoms with Crippen LogP contribution in [0.25, 0.3) is 0 Å². The average molecular weight is 371 g/mol. The van der Waals surface area contributed by atoms with Gasteiger partial charge < -0.3 is 4.74 Å². The lowest BCUT2D eigenvalue weighted by Crippen LogP contribution is -2.33. The number of rotatable bonds is 5. The smallest absolute Gasteiger partial charge is 0.335 e. The highest BCUT2D eigenvalue weighted by Crippen LogP contribution is 2.38. The zero-order valence-electron chi connectivity index (χ0n) is 14.8. The van der Waals surface area contributed by atoms with Gasteiger partial charge in [0.1, 0.15) is 0 Å². The average Bonchev–Trinajstić information content (AvgIpc) is 3.09. The zero-order chi connectivity index (χ0) is 18.7. The highest BCUT2D eigenvalue weighted by Gasteiger charge is 2.40. The van der Waals surface area contributed by atoms with E-state index in [1.54, 1.807) is 37.3 Å². The van der Waals surface area contributed by atoms with Gasteiger partial charge in [-0.25, -0.2) is 13.2 Å². The quantitative estimate of drug-likeness (QED) is 0.757. The highest BCUT2D eigenvalue weighted by molar-refractivity contribution is 7.89. The van der Waals surface area contributed by atoms with Crippen LogP contribution in [0.5, 0.6) is 0 Å². The third-order valence-corrected chi connectivity index (χ3v) is 6.17. The van der Waals surface area contributed by atoms with Crippen LogP contribution >= 0.6 is 0 Å². The molecule has 26 heavy (non-hydrogen) atoms. The van der Waals surface area contributed by atoms with Gasteiger partial charge in [0.2, 0.25) is 10.0 Å². The number of carbonyl (C=O) groups is 1. The number of hydrogen-bond acceptors (Lipinski definition) is 4. The van der Waals surface area contributed by atoms with Crippen LogP contribution in [0.4, 0.5) is 0 Å². The number of ether oxygens (including phenoxy) is 1. The number of aryl methyl sites for hydroxylation is 1. The predicted molar refractivity (Wildman–Crippen MR) is 99.0 cm³/mol. The molecule has 0 N–H and O–H groups in total. The highest BCUT2D eigenvalue weighted by atomic mass is 32.2. The number of hydrogen-bond donors (Lipinski definition) is 0. The van der Waals surface area contributed by atoms with E-state index in [1.165, 1.54) is 4.31 Å². The number of esters is 1. The minimum absolute atomic E-state index is 0.129. The third-order valence-electron chi connectivity index (χ3n) is 4.33. The van der Waals surface area contributed by atoms with Crippen LogP contribution in [0.3, 0.4) is 0 Å². The number of carbonyl (C=O) groups excluding carboxylic acids is 1. The Hall–Kier alpha value is -2.44. The van der Waals surface area contributed by atoms with Gasteiger partial charge in [0, 0.05) is 6.54 Å². The third kappa shape index (κ3) is 3.43. The van der Waals surface area contributed by atoms with Crippen molar-refractivity contribution in [2.75, 3.05) is 13.2 Å². The Balaban J connectivity index is 2.03. The minimum Gasteiger partial charge on any atom is -0.463 e. The first-order valence-electron chi connectivity index (χ1n) is 8.45. The molecule has 1 atom stereocenters. The molecule has 1 aliphatic rings. The molecule has 0 bridgehead atoms. The van der Waals surface area contributed by atoms with E-state index in [9.17, 15) is 13.2 Å². The number of benzene rings is 2. The van der Waals surface area contributed by atoms with Crippen LogP contribution in [-0.4, -0.2) is 31.8 Å². The molecule has 0 fully saturated rings. The maximum absolute atomic E-state index is 13.2. The van der Waals surface area contributed by atoms with Crippen LogP contribution in [0.2, 0.25) is 0 Å². The molecule has 2 aromatic rings. The van der Waals surface area contributed by atoms with Crippen LogP contribution in [0.15, 0.2) is 71.1 Å². The van der Waals surface area contributed by atoms with Crippen molar-refractivity contribution in [3.05, 3.63) is 77.4 Å². The van der Waals surface area contributed by atoms with E-state index in [0.29, 0.717) is 5.57 Å². The van der Waals surface area contributed by atoms with Crippen molar-refractivity contribution in [2.24, 2.45) is 0 Å². The molecule has 0 aliphatic carbocycles. The standard InChI is InChI=1S/C20H21NO4S/c1-3-25-20(22)18-13-14-21(19(18)16-7-5-4-6-8-16)26(23,24)17-11-9-15(2)10-12-17/h4-13,19H,3,14H2,1-2H3/t19-/m1/s1. The van der Waals surface area contributed by atoms with Gasteiger partial charge in [-0.15, -0.1) is 0 Å². The summed E-state index contributed by atoms with van der Waals surface area (Å²) >= 11 is 0. The van der Waals surface area contributed by atoms with Crippen molar-refractivity contribution >= 4 is 16.0 Å². The molecular formula is C20H21NO4S. The van der Waals surface area contributed by atoms with Crippen LogP contribution in [0.1, 0.15) is 24.1 Å². The predicted octanol–water partition coefficient (Wildman–Crippen LogP) is 3.23. The molecule has 0 unspecified atom stereocenters. The summed E-state index contributed by atoms with van der Waals surface area (Å²) < 4.78 is 32.9. The molecule has 136 valence electrons. The van der Waals surface area contributed by atoms with Gasteiger partial charge in [-0.2, -0.15) is 4.31 Å². The molecule has 0 aromatic heterocycles. The lowest BCUT2D eigenvalue weighted by atomic mass is 10.0. The normalized spacial score (nSPS) is 17.8. The molecule has 0 saturated carbocycles. The van der Waals surface area contributed by atoms with E-state index >= 15 is 0 Å². The summed E-state index contributed by atoms with van der Waals surface area (Å²) in [6.07, 6.45) is 1.64. The molecule has 0 amide bonds. The van der Waals surface area contributed by atoms with Crippen molar-refractivity contribution in [1.82, 2.24) is 4.31 Å². The van der Waals surface area contributed by atoms with Gasteiger partial charge in [-0.05, 0) is 31.5 Å². The van der Waals surface area contributed by atoms with E-state index in [-0.39, 0.29) is 18.0 Å². The van der Waals surface area contributed by atoms with E-state index in [2.05, 4.69) is 0 Å². The zero-order valence-corrected chi connectivity index (χ0v) is 15.6. The second-order valence-electron chi connectivity index (χ2n) is 6.08. The van der Waals surface area contributed by atoms with Crippen molar-refractivity contribution in [3.8, 4) is 0 Å². The first-order valence-corrected chi connectivity index (χ1v) is 9.89. The first kappa shape index (κ1) is 18.4. The van der Waals surface area contributed by atoms with Gasteiger partial charge in [0.05, 0.1) is 23.1 Å². The summed E-state index contributed by atoms with van der Waals surface area (Å²) in [6, 6.07) is 15.2. The van der Waals surface area contributed by atoms with Crippen molar-refractivity contribution in [3.63, 3.8) is 0 Å². The number of sulfonamides is 1. The summed E-state index contributed by atoms with van der Waals surface area (Å²) in [6.45, 7) is 4.00. The van der Waals surface area contributed by atoms with Gasteiger partial charge in [0.15, 0.2) is 0 Å². The molecule has 2 aromatic carbocycles. The molecule has 5 nitrogen and oxygen atoms in total.